The van der Waals surface area contributed by atoms with Gasteiger partial charge in [0, 0.05) is 18.3 Å². The molecule has 2 rings (SSSR count). The van der Waals surface area contributed by atoms with Crippen molar-refractivity contribution < 1.29 is 0 Å². The highest BCUT2D eigenvalue weighted by Gasteiger charge is 2.16. The molecule has 0 aliphatic carbocycles. The number of hydrogen-bond acceptors (Lipinski definition) is 2. The predicted octanol–water partition coefficient (Wildman–Crippen LogP) is 1.43. The third kappa shape index (κ3) is 0.994. The van der Waals surface area contributed by atoms with E-state index in [0.717, 1.165) is 12.2 Å². The second-order valence-corrected chi connectivity index (χ2v) is 3.06. The van der Waals surface area contributed by atoms with Crippen LogP contribution in [-0.2, 0) is 6.54 Å². The van der Waals surface area contributed by atoms with Crippen molar-refractivity contribution in [1.29, 1.82) is 0 Å². The second-order valence-electron chi connectivity index (χ2n) is 3.06. The molecule has 11 heavy (non-hydrogen) atoms. The summed E-state index contributed by atoms with van der Waals surface area (Å²) in [5, 5.41) is 3.36. The quantitative estimate of drug-likeness (QED) is 0.546. The Labute approximate surface area is 66.4 Å². The molecule has 0 radical (unpaired) electrons. The van der Waals surface area contributed by atoms with Crippen molar-refractivity contribution in [2.75, 3.05) is 5.73 Å². The fourth-order valence-corrected chi connectivity index (χ4v) is 1.57. The fourth-order valence-electron chi connectivity index (χ4n) is 1.57. The third-order valence-corrected chi connectivity index (χ3v) is 2.23. The van der Waals surface area contributed by atoms with Crippen LogP contribution in [0.4, 0.5) is 5.69 Å². The van der Waals surface area contributed by atoms with E-state index in [4.69, 9.17) is 5.73 Å². The lowest BCUT2D eigenvalue weighted by atomic mass is 10.1. The predicted molar refractivity (Wildman–Crippen MR) is 46.1 cm³/mol. The molecule has 0 aromatic heterocycles. The van der Waals surface area contributed by atoms with Crippen LogP contribution in [0.25, 0.3) is 0 Å². The highest BCUT2D eigenvalue weighted by atomic mass is 14.9. The van der Waals surface area contributed by atoms with Crippen molar-refractivity contribution in [2.24, 2.45) is 0 Å². The van der Waals surface area contributed by atoms with Gasteiger partial charge in [0.25, 0.3) is 0 Å². The zero-order valence-electron chi connectivity index (χ0n) is 6.59. The van der Waals surface area contributed by atoms with Crippen molar-refractivity contribution in [3.05, 3.63) is 29.3 Å². The summed E-state index contributed by atoms with van der Waals surface area (Å²) in [6.07, 6.45) is 0. The molecule has 0 fully saturated rings. The van der Waals surface area contributed by atoms with Gasteiger partial charge in [-0.25, -0.2) is 0 Å². The average molecular weight is 148 g/mol. The van der Waals surface area contributed by atoms with Crippen LogP contribution in [0.15, 0.2) is 18.2 Å². The Morgan fingerprint density at radius 2 is 2.36 bits per heavy atom. The SMILES string of the molecule is C[C@H]1NCc2cc(N)ccc21. The van der Waals surface area contributed by atoms with Gasteiger partial charge in [0.2, 0.25) is 0 Å². The standard InChI is InChI=1S/C9H12N2/c1-6-9-3-2-8(10)4-7(9)5-11-6/h2-4,6,11H,5,10H2,1H3/t6-/m1/s1. The minimum Gasteiger partial charge on any atom is -0.399 e. The van der Waals surface area contributed by atoms with Crippen molar-refractivity contribution >= 4 is 5.69 Å². The van der Waals surface area contributed by atoms with Gasteiger partial charge in [-0.3, -0.25) is 0 Å². The summed E-state index contributed by atoms with van der Waals surface area (Å²) in [4.78, 5) is 0. The molecule has 2 heteroatoms. The Bertz CT molecular complexity index is 281. The van der Waals surface area contributed by atoms with Crippen molar-refractivity contribution in [3.63, 3.8) is 0 Å². The number of nitrogens with one attached hydrogen (secondary N) is 1. The number of hydrogen-bond donors (Lipinski definition) is 2. The van der Waals surface area contributed by atoms with Gasteiger partial charge in [0.1, 0.15) is 0 Å². The second kappa shape index (κ2) is 2.24. The first-order valence-electron chi connectivity index (χ1n) is 3.89. The number of benzene rings is 1. The summed E-state index contributed by atoms with van der Waals surface area (Å²) in [6.45, 7) is 3.13. The largest absolute Gasteiger partial charge is 0.399 e. The number of fused-ring (bicyclic) bond motifs is 1. The Morgan fingerprint density at radius 1 is 1.55 bits per heavy atom. The van der Waals surface area contributed by atoms with Crippen molar-refractivity contribution in [2.45, 2.75) is 19.5 Å². The van der Waals surface area contributed by atoms with Crippen LogP contribution >= 0.6 is 0 Å². The van der Waals surface area contributed by atoms with E-state index in [1.807, 2.05) is 12.1 Å². The lowest BCUT2D eigenvalue weighted by Crippen LogP contribution is -2.06. The van der Waals surface area contributed by atoms with E-state index in [1.165, 1.54) is 11.1 Å². The average Bonchev–Trinajstić information content (AvgIpc) is 2.32. The third-order valence-electron chi connectivity index (χ3n) is 2.23. The summed E-state index contributed by atoms with van der Waals surface area (Å²) < 4.78 is 0. The van der Waals surface area contributed by atoms with Crippen LogP contribution in [0, 0.1) is 0 Å². The van der Waals surface area contributed by atoms with Crippen LogP contribution in [0.1, 0.15) is 24.1 Å². The van der Waals surface area contributed by atoms with Gasteiger partial charge in [-0.05, 0) is 30.2 Å². The molecule has 0 spiro atoms. The van der Waals surface area contributed by atoms with Crippen LogP contribution in [0.2, 0.25) is 0 Å². The molecule has 0 saturated heterocycles. The first-order valence-corrected chi connectivity index (χ1v) is 3.89. The van der Waals surface area contributed by atoms with Crippen LogP contribution in [-0.4, -0.2) is 0 Å². The minimum absolute atomic E-state index is 0.491. The number of rotatable bonds is 0. The molecule has 0 saturated carbocycles. The summed E-state index contributed by atoms with van der Waals surface area (Å²) in [5.74, 6) is 0. The first kappa shape index (κ1) is 6.68. The van der Waals surface area contributed by atoms with Gasteiger partial charge in [-0.2, -0.15) is 0 Å². The van der Waals surface area contributed by atoms with E-state index in [1.54, 1.807) is 0 Å². The van der Waals surface area contributed by atoms with Gasteiger partial charge in [-0.1, -0.05) is 6.07 Å². The molecule has 0 bridgehead atoms. The Morgan fingerprint density at radius 3 is 3.18 bits per heavy atom. The molecule has 1 aromatic carbocycles. The highest BCUT2D eigenvalue weighted by Crippen LogP contribution is 2.25. The molecule has 1 aliphatic rings. The molecule has 1 aromatic rings. The summed E-state index contributed by atoms with van der Waals surface area (Å²) in [5.41, 5.74) is 9.24. The van der Waals surface area contributed by atoms with Crippen molar-refractivity contribution in [1.82, 2.24) is 5.32 Å². The number of nitrogen functional groups attached to an aromatic ring is 1. The van der Waals surface area contributed by atoms with Crippen LogP contribution in [0.3, 0.4) is 0 Å². The number of anilines is 1. The molecular formula is C9H12N2. The lowest BCUT2D eigenvalue weighted by Gasteiger charge is -2.03. The minimum atomic E-state index is 0.491. The van der Waals surface area contributed by atoms with E-state index in [0.29, 0.717) is 6.04 Å². The highest BCUT2D eigenvalue weighted by molar-refractivity contribution is 5.47. The zero-order chi connectivity index (χ0) is 7.84. The van der Waals surface area contributed by atoms with Gasteiger partial charge >= 0.3 is 0 Å². The monoisotopic (exact) mass is 148 g/mol. The van der Waals surface area contributed by atoms with E-state index < -0.39 is 0 Å². The van der Waals surface area contributed by atoms with E-state index in [9.17, 15) is 0 Å². The fraction of sp³-hybridized carbons (Fsp3) is 0.333. The van der Waals surface area contributed by atoms with Gasteiger partial charge in [0.05, 0.1) is 0 Å². The molecule has 3 N–H and O–H groups in total. The van der Waals surface area contributed by atoms with E-state index in [2.05, 4.69) is 18.3 Å². The van der Waals surface area contributed by atoms with Crippen LogP contribution < -0.4 is 11.1 Å². The smallest absolute Gasteiger partial charge is 0.0317 e. The molecule has 2 nitrogen and oxygen atoms in total. The van der Waals surface area contributed by atoms with E-state index >= 15 is 0 Å². The van der Waals surface area contributed by atoms with Gasteiger partial charge in [0.15, 0.2) is 0 Å². The normalized spacial score (nSPS) is 21.7. The molecule has 0 amide bonds. The first-order chi connectivity index (χ1) is 5.27. The molecule has 1 heterocycles. The maximum atomic E-state index is 5.65. The molecule has 58 valence electrons. The summed E-state index contributed by atoms with van der Waals surface area (Å²) in [7, 11) is 0. The van der Waals surface area contributed by atoms with Crippen molar-refractivity contribution in [3.8, 4) is 0 Å². The maximum Gasteiger partial charge on any atom is 0.0317 e. The summed E-state index contributed by atoms with van der Waals surface area (Å²) in [6, 6.07) is 6.61. The Hall–Kier alpha value is -1.02. The molecule has 1 aliphatic heterocycles. The lowest BCUT2D eigenvalue weighted by molar-refractivity contribution is 0.633. The Kier molecular flexibility index (Phi) is 1.36. The number of nitrogens with two attached hydrogens (primary N) is 1. The zero-order valence-corrected chi connectivity index (χ0v) is 6.59. The molecule has 0 unspecified atom stereocenters. The summed E-state index contributed by atoms with van der Waals surface area (Å²) >= 11 is 0. The van der Waals surface area contributed by atoms with Gasteiger partial charge < -0.3 is 11.1 Å². The Balaban J connectivity index is 2.50. The van der Waals surface area contributed by atoms with E-state index in [-0.39, 0.29) is 0 Å². The molecule has 1 atom stereocenters. The van der Waals surface area contributed by atoms with Gasteiger partial charge in [-0.15, -0.1) is 0 Å². The molecular weight excluding hydrogens is 136 g/mol. The van der Waals surface area contributed by atoms with Crippen LogP contribution in [0.5, 0.6) is 0 Å². The maximum absolute atomic E-state index is 5.65. The topological polar surface area (TPSA) is 38.0 Å².